The average molecular weight is 412 g/mol. The molecule has 1 fully saturated rings. The minimum absolute atomic E-state index is 0.0859. The lowest BCUT2D eigenvalue weighted by molar-refractivity contribution is 0.448. The van der Waals surface area contributed by atoms with Gasteiger partial charge in [-0.2, -0.15) is 9.57 Å². The predicted molar refractivity (Wildman–Crippen MR) is 99.0 cm³/mol. The summed E-state index contributed by atoms with van der Waals surface area (Å²) in [7, 11) is -3.86. The highest BCUT2D eigenvalue weighted by Gasteiger charge is 2.33. The zero-order chi connectivity index (χ0) is 18.9. The van der Waals surface area contributed by atoms with Crippen LogP contribution in [0.2, 0.25) is 10.0 Å². The SMILES string of the molecule is N#Cc1ccc(Oc2cc(Cl)cc(Cl)c2)c(S(=O)(=O)N2CCC(N)C2)c1. The molecule has 1 heterocycles. The van der Waals surface area contributed by atoms with Crippen LogP contribution < -0.4 is 10.5 Å². The van der Waals surface area contributed by atoms with E-state index in [1.807, 2.05) is 6.07 Å². The molecular formula is C17H15Cl2N3O3S. The lowest BCUT2D eigenvalue weighted by atomic mass is 10.2. The Balaban J connectivity index is 2.05. The van der Waals surface area contributed by atoms with Crippen LogP contribution in [0.4, 0.5) is 0 Å². The van der Waals surface area contributed by atoms with Gasteiger partial charge in [-0.3, -0.25) is 0 Å². The first-order valence-electron chi connectivity index (χ1n) is 7.73. The van der Waals surface area contributed by atoms with Gasteiger partial charge < -0.3 is 10.5 Å². The molecule has 1 aliphatic rings. The Kier molecular flexibility index (Phi) is 5.42. The van der Waals surface area contributed by atoms with Gasteiger partial charge in [-0.25, -0.2) is 8.42 Å². The molecule has 1 atom stereocenters. The van der Waals surface area contributed by atoms with E-state index >= 15 is 0 Å². The van der Waals surface area contributed by atoms with Gasteiger partial charge in [-0.1, -0.05) is 23.2 Å². The summed E-state index contributed by atoms with van der Waals surface area (Å²) in [5, 5.41) is 9.85. The van der Waals surface area contributed by atoms with Gasteiger partial charge in [0.2, 0.25) is 10.0 Å². The molecule has 1 aliphatic heterocycles. The van der Waals surface area contributed by atoms with Crippen molar-refractivity contribution < 1.29 is 13.2 Å². The molecule has 0 saturated carbocycles. The van der Waals surface area contributed by atoms with Gasteiger partial charge >= 0.3 is 0 Å². The van der Waals surface area contributed by atoms with E-state index in [-0.39, 0.29) is 28.8 Å². The summed E-state index contributed by atoms with van der Waals surface area (Å²) < 4.78 is 33.1. The number of hydrogen-bond acceptors (Lipinski definition) is 5. The van der Waals surface area contributed by atoms with Crippen LogP contribution >= 0.6 is 23.2 Å². The monoisotopic (exact) mass is 411 g/mol. The first-order valence-corrected chi connectivity index (χ1v) is 9.93. The van der Waals surface area contributed by atoms with Crippen molar-refractivity contribution in [2.24, 2.45) is 5.73 Å². The highest BCUT2D eigenvalue weighted by molar-refractivity contribution is 7.89. The molecule has 0 spiro atoms. The molecule has 0 bridgehead atoms. The molecule has 26 heavy (non-hydrogen) atoms. The molecule has 0 amide bonds. The van der Waals surface area contributed by atoms with Crippen LogP contribution in [0.5, 0.6) is 11.5 Å². The van der Waals surface area contributed by atoms with Crippen LogP contribution in [0.25, 0.3) is 0 Å². The summed E-state index contributed by atoms with van der Waals surface area (Å²) in [5.41, 5.74) is 6.04. The van der Waals surface area contributed by atoms with Crippen molar-refractivity contribution in [3.63, 3.8) is 0 Å². The van der Waals surface area contributed by atoms with Crippen LogP contribution in [0.15, 0.2) is 41.3 Å². The van der Waals surface area contributed by atoms with Gasteiger partial charge in [0, 0.05) is 29.2 Å². The summed E-state index contributed by atoms with van der Waals surface area (Å²) in [4.78, 5) is -0.0956. The minimum atomic E-state index is -3.86. The molecular weight excluding hydrogens is 397 g/mol. The van der Waals surface area contributed by atoms with E-state index in [0.29, 0.717) is 28.8 Å². The topological polar surface area (TPSA) is 96.4 Å². The maximum absolute atomic E-state index is 13.0. The zero-order valence-corrected chi connectivity index (χ0v) is 15.9. The van der Waals surface area contributed by atoms with Gasteiger partial charge in [-0.15, -0.1) is 0 Å². The molecule has 0 aromatic heterocycles. The van der Waals surface area contributed by atoms with Crippen molar-refractivity contribution in [2.75, 3.05) is 13.1 Å². The Morgan fingerprint density at radius 1 is 1.19 bits per heavy atom. The predicted octanol–water partition coefficient (Wildman–Crippen LogP) is 3.38. The summed E-state index contributed by atoms with van der Waals surface area (Å²) in [5.74, 6) is 0.379. The number of sulfonamides is 1. The van der Waals surface area contributed by atoms with Gasteiger partial charge in [0.1, 0.15) is 16.4 Å². The van der Waals surface area contributed by atoms with Gasteiger partial charge in [-0.05, 0) is 42.8 Å². The third kappa shape index (κ3) is 3.95. The fourth-order valence-corrected chi connectivity index (χ4v) is 4.85. The molecule has 3 rings (SSSR count). The average Bonchev–Trinajstić information content (AvgIpc) is 3.01. The van der Waals surface area contributed by atoms with E-state index in [0.717, 1.165) is 0 Å². The molecule has 2 aromatic rings. The maximum atomic E-state index is 13.0. The van der Waals surface area contributed by atoms with Crippen molar-refractivity contribution in [3.05, 3.63) is 52.0 Å². The normalized spacial score (nSPS) is 17.8. The van der Waals surface area contributed by atoms with E-state index in [2.05, 4.69) is 0 Å². The number of halogens is 2. The van der Waals surface area contributed by atoms with Crippen LogP contribution in [0, 0.1) is 11.3 Å². The van der Waals surface area contributed by atoms with Gasteiger partial charge in [0.15, 0.2) is 0 Å². The van der Waals surface area contributed by atoms with Crippen molar-refractivity contribution in [3.8, 4) is 17.6 Å². The minimum Gasteiger partial charge on any atom is -0.456 e. The van der Waals surface area contributed by atoms with Crippen molar-refractivity contribution in [1.29, 1.82) is 5.26 Å². The lowest BCUT2D eigenvalue weighted by Gasteiger charge is -2.19. The number of hydrogen-bond donors (Lipinski definition) is 1. The Bertz CT molecular complexity index is 969. The summed E-state index contributed by atoms with van der Waals surface area (Å²) in [6, 6.07) is 10.5. The number of nitrogens with zero attached hydrogens (tertiary/aromatic N) is 2. The van der Waals surface area contributed by atoms with E-state index < -0.39 is 10.0 Å². The first-order chi connectivity index (χ1) is 12.3. The fraction of sp³-hybridized carbons (Fsp3) is 0.235. The number of rotatable bonds is 4. The number of nitriles is 1. The van der Waals surface area contributed by atoms with Gasteiger partial charge in [0.25, 0.3) is 0 Å². The van der Waals surface area contributed by atoms with Crippen molar-refractivity contribution in [2.45, 2.75) is 17.4 Å². The number of benzene rings is 2. The molecule has 1 unspecified atom stereocenters. The Morgan fingerprint density at radius 2 is 1.88 bits per heavy atom. The van der Waals surface area contributed by atoms with E-state index in [9.17, 15) is 8.42 Å². The third-order valence-electron chi connectivity index (χ3n) is 3.94. The van der Waals surface area contributed by atoms with Crippen LogP contribution in [-0.4, -0.2) is 31.9 Å². The van der Waals surface area contributed by atoms with Crippen LogP contribution in [0.3, 0.4) is 0 Å². The third-order valence-corrected chi connectivity index (χ3v) is 6.26. The second-order valence-electron chi connectivity index (χ2n) is 5.89. The molecule has 1 saturated heterocycles. The summed E-state index contributed by atoms with van der Waals surface area (Å²) in [6.07, 6.45) is 0.581. The van der Waals surface area contributed by atoms with E-state index in [1.54, 1.807) is 0 Å². The smallest absolute Gasteiger partial charge is 0.246 e. The Hall–Kier alpha value is -1.82. The Labute approximate surface area is 161 Å². The first kappa shape index (κ1) is 19.0. The standard InChI is InChI=1S/C17H15Cl2N3O3S/c18-12-6-13(19)8-15(7-12)25-16-2-1-11(9-20)5-17(16)26(23,24)22-4-3-14(21)10-22/h1-2,5-8,14H,3-4,10,21H2. The van der Waals surface area contributed by atoms with E-state index in [1.165, 1.54) is 40.7 Å². The lowest BCUT2D eigenvalue weighted by Crippen LogP contribution is -2.32. The fourth-order valence-electron chi connectivity index (χ4n) is 2.69. The van der Waals surface area contributed by atoms with Crippen LogP contribution in [0.1, 0.15) is 12.0 Å². The quantitative estimate of drug-likeness (QED) is 0.831. The second-order valence-corrected chi connectivity index (χ2v) is 8.67. The van der Waals surface area contributed by atoms with E-state index in [4.69, 9.17) is 38.9 Å². The molecule has 0 radical (unpaired) electrons. The molecule has 6 nitrogen and oxygen atoms in total. The molecule has 2 aromatic carbocycles. The second kappa shape index (κ2) is 7.43. The molecule has 2 N–H and O–H groups in total. The van der Waals surface area contributed by atoms with Crippen molar-refractivity contribution in [1.82, 2.24) is 4.31 Å². The molecule has 136 valence electrons. The van der Waals surface area contributed by atoms with Crippen LogP contribution in [-0.2, 0) is 10.0 Å². The number of ether oxygens (including phenoxy) is 1. The molecule has 0 aliphatic carbocycles. The largest absolute Gasteiger partial charge is 0.456 e. The maximum Gasteiger partial charge on any atom is 0.246 e. The number of nitrogens with two attached hydrogens (primary N) is 1. The highest BCUT2D eigenvalue weighted by atomic mass is 35.5. The summed E-state index contributed by atoms with van der Waals surface area (Å²) >= 11 is 11.9. The van der Waals surface area contributed by atoms with Gasteiger partial charge in [0.05, 0.1) is 11.6 Å². The highest BCUT2D eigenvalue weighted by Crippen LogP contribution is 2.34. The Morgan fingerprint density at radius 3 is 2.46 bits per heavy atom. The summed E-state index contributed by atoms with van der Waals surface area (Å²) in [6.45, 7) is 0.546. The molecule has 9 heteroatoms. The van der Waals surface area contributed by atoms with Crippen molar-refractivity contribution >= 4 is 33.2 Å². The zero-order valence-electron chi connectivity index (χ0n) is 13.5.